The van der Waals surface area contributed by atoms with Crippen molar-refractivity contribution in [3.8, 4) is 0 Å². The number of nitrogens with zero attached hydrogens (tertiary/aromatic N) is 3. The summed E-state index contributed by atoms with van der Waals surface area (Å²) < 4.78 is 1.75. The Kier molecular flexibility index (Phi) is 3.39. The Morgan fingerprint density at radius 2 is 1.90 bits per heavy atom. The van der Waals surface area contributed by atoms with Crippen molar-refractivity contribution in [3.05, 3.63) is 59.2 Å². The lowest BCUT2D eigenvalue weighted by Crippen LogP contribution is -2.04. The summed E-state index contributed by atoms with van der Waals surface area (Å²) in [6.45, 7) is 2.70. The van der Waals surface area contributed by atoms with Crippen molar-refractivity contribution in [2.75, 3.05) is 0 Å². The molecule has 0 atom stereocenters. The van der Waals surface area contributed by atoms with Crippen LogP contribution < -0.4 is 0 Å². The zero-order valence-corrected chi connectivity index (χ0v) is 11.7. The van der Waals surface area contributed by atoms with Gasteiger partial charge in [-0.1, -0.05) is 42.5 Å². The number of aryl methyl sites for hydroxylation is 1. The fraction of sp³-hybridized carbons (Fsp3) is 0.188. The van der Waals surface area contributed by atoms with Gasteiger partial charge in [-0.2, -0.15) is 0 Å². The van der Waals surface area contributed by atoms with Crippen LogP contribution in [0.25, 0.3) is 11.0 Å². The molecule has 0 saturated carbocycles. The summed E-state index contributed by atoms with van der Waals surface area (Å²) in [5, 5.41) is 17.3. The van der Waals surface area contributed by atoms with Crippen molar-refractivity contribution in [2.45, 2.75) is 19.9 Å². The lowest BCUT2D eigenvalue weighted by atomic mass is 10.1. The lowest BCUT2D eigenvalue weighted by Gasteiger charge is -2.08. The molecule has 0 amide bonds. The number of hydrogen-bond acceptors (Lipinski definition) is 3. The van der Waals surface area contributed by atoms with E-state index in [2.05, 4.69) is 29.4 Å². The van der Waals surface area contributed by atoms with Crippen LogP contribution in [0, 0.1) is 0 Å². The van der Waals surface area contributed by atoms with Crippen LogP contribution in [0.5, 0.6) is 0 Å². The molecule has 3 aromatic rings. The predicted molar refractivity (Wildman–Crippen MR) is 79.4 cm³/mol. The van der Waals surface area contributed by atoms with Gasteiger partial charge in [-0.3, -0.25) is 0 Å². The highest BCUT2D eigenvalue weighted by atomic mass is 16.4. The van der Waals surface area contributed by atoms with Gasteiger partial charge in [0, 0.05) is 0 Å². The first kappa shape index (κ1) is 13.3. The van der Waals surface area contributed by atoms with Crippen molar-refractivity contribution >= 4 is 17.0 Å². The number of carbonyl (C=O) groups is 1. The quantitative estimate of drug-likeness (QED) is 0.798. The zero-order chi connectivity index (χ0) is 14.8. The summed E-state index contributed by atoms with van der Waals surface area (Å²) in [7, 11) is 0. The molecule has 21 heavy (non-hydrogen) atoms. The van der Waals surface area contributed by atoms with E-state index in [1.165, 1.54) is 11.1 Å². The molecule has 0 aliphatic rings. The van der Waals surface area contributed by atoms with E-state index in [9.17, 15) is 9.90 Å². The van der Waals surface area contributed by atoms with Crippen LogP contribution in [0.3, 0.4) is 0 Å². The molecule has 1 N–H and O–H groups in total. The standard InChI is InChI=1S/C16H15N3O2/c1-2-11-6-3-4-7-12(11)10-19-14-9-5-8-13(16(20)21)15(14)17-18-19/h3-9H,2,10H2,1H3,(H,20,21). The van der Waals surface area contributed by atoms with Gasteiger partial charge in [0.25, 0.3) is 0 Å². The molecule has 0 fully saturated rings. The van der Waals surface area contributed by atoms with Gasteiger partial charge in [-0.05, 0) is 29.7 Å². The highest BCUT2D eigenvalue weighted by Crippen LogP contribution is 2.18. The number of aromatic carboxylic acids is 1. The maximum atomic E-state index is 11.2. The summed E-state index contributed by atoms with van der Waals surface area (Å²) in [6.07, 6.45) is 0.948. The van der Waals surface area contributed by atoms with Crippen LogP contribution >= 0.6 is 0 Å². The summed E-state index contributed by atoms with van der Waals surface area (Å²) in [5.41, 5.74) is 3.78. The Morgan fingerprint density at radius 1 is 1.14 bits per heavy atom. The second kappa shape index (κ2) is 5.36. The molecule has 0 bridgehead atoms. The molecule has 5 nitrogen and oxygen atoms in total. The molecule has 0 radical (unpaired) electrons. The highest BCUT2D eigenvalue weighted by molar-refractivity contribution is 6.00. The van der Waals surface area contributed by atoms with Crippen LogP contribution in [-0.2, 0) is 13.0 Å². The van der Waals surface area contributed by atoms with E-state index in [-0.39, 0.29) is 5.56 Å². The van der Waals surface area contributed by atoms with Crippen LogP contribution in [-0.4, -0.2) is 26.1 Å². The van der Waals surface area contributed by atoms with Crippen molar-refractivity contribution in [2.24, 2.45) is 0 Å². The van der Waals surface area contributed by atoms with Crippen molar-refractivity contribution in [1.82, 2.24) is 15.0 Å². The average molecular weight is 281 g/mol. The monoisotopic (exact) mass is 281 g/mol. The Bertz CT molecular complexity index is 808. The normalized spacial score (nSPS) is 10.9. The second-order valence-electron chi connectivity index (χ2n) is 4.85. The summed E-state index contributed by atoms with van der Waals surface area (Å²) in [4.78, 5) is 11.2. The number of fused-ring (bicyclic) bond motifs is 1. The van der Waals surface area contributed by atoms with Gasteiger partial charge in [0.2, 0.25) is 0 Å². The minimum atomic E-state index is -0.985. The van der Waals surface area contributed by atoms with Gasteiger partial charge < -0.3 is 5.11 Å². The lowest BCUT2D eigenvalue weighted by molar-refractivity contribution is 0.0699. The Hall–Kier alpha value is -2.69. The number of rotatable bonds is 4. The average Bonchev–Trinajstić information content (AvgIpc) is 2.91. The van der Waals surface area contributed by atoms with Gasteiger partial charge in [-0.25, -0.2) is 9.48 Å². The van der Waals surface area contributed by atoms with Gasteiger partial charge in [-0.15, -0.1) is 5.10 Å². The van der Waals surface area contributed by atoms with Crippen LogP contribution in [0.2, 0.25) is 0 Å². The van der Waals surface area contributed by atoms with Crippen molar-refractivity contribution in [3.63, 3.8) is 0 Å². The van der Waals surface area contributed by atoms with Crippen molar-refractivity contribution < 1.29 is 9.90 Å². The molecule has 1 heterocycles. The summed E-state index contributed by atoms with van der Waals surface area (Å²) >= 11 is 0. The molecule has 0 saturated heterocycles. The Morgan fingerprint density at radius 3 is 2.62 bits per heavy atom. The van der Waals surface area contributed by atoms with E-state index in [1.807, 2.05) is 18.2 Å². The fourth-order valence-corrected chi connectivity index (χ4v) is 2.50. The first-order valence-electron chi connectivity index (χ1n) is 6.83. The minimum absolute atomic E-state index is 0.183. The molecule has 5 heteroatoms. The van der Waals surface area contributed by atoms with Gasteiger partial charge in [0.15, 0.2) is 0 Å². The van der Waals surface area contributed by atoms with E-state index in [0.29, 0.717) is 12.1 Å². The molecule has 0 spiro atoms. The predicted octanol–water partition coefficient (Wildman–Crippen LogP) is 2.74. The maximum absolute atomic E-state index is 11.2. The fourth-order valence-electron chi connectivity index (χ4n) is 2.50. The highest BCUT2D eigenvalue weighted by Gasteiger charge is 2.14. The third kappa shape index (κ3) is 2.38. The molecular weight excluding hydrogens is 266 g/mol. The van der Waals surface area contributed by atoms with E-state index in [4.69, 9.17) is 0 Å². The van der Waals surface area contributed by atoms with E-state index in [0.717, 1.165) is 11.9 Å². The Labute approximate surface area is 121 Å². The summed E-state index contributed by atoms with van der Waals surface area (Å²) in [5.74, 6) is -0.985. The molecular formula is C16H15N3O2. The van der Waals surface area contributed by atoms with Crippen LogP contribution in [0.4, 0.5) is 0 Å². The third-order valence-corrected chi connectivity index (χ3v) is 3.60. The smallest absolute Gasteiger partial charge is 0.338 e. The Balaban J connectivity index is 2.06. The summed E-state index contributed by atoms with van der Waals surface area (Å²) in [6, 6.07) is 13.3. The number of hydrogen-bond donors (Lipinski definition) is 1. The van der Waals surface area contributed by atoms with Gasteiger partial charge in [0.05, 0.1) is 17.6 Å². The molecule has 1 aromatic heterocycles. The van der Waals surface area contributed by atoms with Gasteiger partial charge >= 0.3 is 5.97 Å². The number of aromatic nitrogens is 3. The van der Waals surface area contributed by atoms with E-state index >= 15 is 0 Å². The molecule has 0 aliphatic carbocycles. The van der Waals surface area contributed by atoms with Crippen molar-refractivity contribution in [1.29, 1.82) is 0 Å². The number of carboxylic acids is 1. The molecule has 0 unspecified atom stereocenters. The molecule has 0 aliphatic heterocycles. The zero-order valence-electron chi connectivity index (χ0n) is 11.7. The SMILES string of the molecule is CCc1ccccc1Cn1nnc2c(C(=O)O)cccc21. The maximum Gasteiger partial charge on any atom is 0.338 e. The first-order chi connectivity index (χ1) is 10.2. The second-order valence-corrected chi connectivity index (χ2v) is 4.85. The van der Waals surface area contributed by atoms with Gasteiger partial charge in [0.1, 0.15) is 5.52 Å². The number of benzene rings is 2. The third-order valence-electron chi connectivity index (χ3n) is 3.60. The first-order valence-corrected chi connectivity index (χ1v) is 6.83. The van der Waals surface area contributed by atoms with Crippen LogP contribution in [0.1, 0.15) is 28.4 Å². The topological polar surface area (TPSA) is 68.0 Å². The molecule has 2 aromatic carbocycles. The van der Waals surface area contributed by atoms with Crippen LogP contribution in [0.15, 0.2) is 42.5 Å². The molecule has 3 rings (SSSR count). The molecule has 106 valence electrons. The number of carboxylic acid groups (broad SMARTS) is 1. The van der Waals surface area contributed by atoms with E-state index in [1.54, 1.807) is 16.8 Å². The minimum Gasteiger partial charge on any atom is -0.478 e. The van der Waals surface area contributed by atoms with E-state index < -0.39 is 5.97 Å². The largest absolute Gasteiger partial charge is 0.478 e.